The third kappa shape index (κ3) is 6.70. The molecule has 0 saturated heterocycles. The van der Waals surface area contributed by atoms with Gasteiger partial charge < -0.3 is 0 Å². The van der Waals surface area contributed by atoms with E-state index in [1.807, 2.05) is 0 Å². The molecule has 0 aromatic rings. The van der Waals surface area contributed by atoms with Crippen LogP contribution in [0.3, 0.4) is 0 Å². The van der Waals surface area contributed by atoms with Gasteiger partial charge in [0.25, 0.3) is 0 Å². The smallest absolute Gasteiger partial charge is 0.287 e. The Hall–Kier alpha value is 1.21. The van der Waals surface area contributed by atoms with Crippen molar-refractivity contribution in [3.8, 4) is 0 Å². The summed E-state index contributed by atoms with van der Waals surface area (Å²) in [6, 6.07) is 0. The van der Waals surface area contributed by atoms with E-state index in [1.54, 1.807) is 20.8 Å². The van der Waals surface area contributed by atoms with Crippen LogP contribution in [-0.4, -0.2) is 19.8 Å². The van der Waals surface area contributed by atoms with Gasteiger partial charge in [-0.1, -0.05) is 0 Å². The molecule has 0 fully saturated rings. The Morgan fingerprint density at radius 1 is 0.917 bits per heavy atom. The van der Waals surface area contributed by atoms with Gasteiger partial charge in [0.2, 0.25) is 0 Å². The molecule has 0 bridgehead atoms. The van der Waals surface area contributed by atoms with E-state index in [9.17, 15) is 4.57 Å². The molecule has 0 unspecified atom stereocenters. The molecular weight excluding hydrogens is 256 g/mol. The van der Waals surface area contributed by atoms with E-state index < -0.39 is 7.82 Å². The molecule has 1 radical (unpaired) electrons. The molecule has 0 amide bonds. The molecule has 0 aliphatic heterocycles. The van der Waals surface area contributed by atoms with Crippen LogP contribution in [-0.2, 0) is 50.8 Å². The Morgan fingerprint density at radius 3 is 1.33 bits per heavy atom. The van der Waals surface area contributed by atoms with Crippen LogP contribution in [0, 0.1) is 0 Å². The molecule has 0 aliphatic carbocycles. The summed E-state index contributed by atoms with van der Waals surface area (Å²) in [6.07, 6.45) is 0. The minimum absolute atomic E-state index is 0. The largest absolute Gasteiger partial charge is 0.474 e. The summed E-state index contributed by atoms with van der Waals surface area (Å²) in [5.74, 6) is 0. The fourth-order valence-electron chi connectivity index (χ4n) is 0.586. The van der Waals surface area contributed by atoms with Crippen LogP contribution in [0.1, 0.15) is 20.8 Å². The summed E-state index contributed by atoms with van der Waals surface area (Å²) in [4.78, 5) is 0. The van der Waals surface area contributed by atoms with Crippen LogP contribution in [0.5, 0.6) is 0 Å². The normalized spacial score (nSPS) is 10.9. The Balaban J connectivity index is 0. The maximum atomic E-state index is 11.3. The molecular formula is C6H15O4PY. The molecule has 4 nitrogen and oxygen atoms in total. The second kappa shape index (κ2) is 8.80. The molecule has 0 aromatic carbocycles. The zero-order chi connectivity index (χ0) is 8.74. The molecule has 6 heteroatoms. The van der Waals surface area contributed by atoms with E-state index >= 15 is 0 Å². The van der Waals surface area contributed by atoms with Gasteiger partial charge in [0.1, 0.15) is 0 Å². The first-order chi connectivity index (χ1) is 5.18. The average Bonchev–Trinajstić information content (AvgIpc) is 1.88. The van der Waals surface area contributed by atoms with E-state index in [-0.39, 0.29) is 32.7 Å². The number of phosphoric acid groups is 1. The maximum Gasteiger partial charge on any atom is 0.474 e. The van der Waals surface area contributed by atoms with Crippen molar-refractivity contribution in [1.82, 2.24) is 0 Å². The minimum Gasteiger partial charge on any atom is -0.287 e. The van der Waals surface area contributed by atoms with E-state index in [0.29, 0.717) is 19.8 Å². The monoisotopic (exact) mass is 271 g/mol. The van der Waals surface area contributed by atoms with Crippen molar-refractivity contribution in [2.45, 2.75) is 20.8 Å². The van der Waals surface area contributed by atoms with Gasteiger partial charge in [-0.25, -0.2) is 4.57 Å². The predicted molar refractivity (Wildman–Crippen MR) is 42.5 cm³/mol. The van der Waals surface area contributed by atoms with E-state index in [1.165, 1.54) is 0 Å². The Morgan fingerprint density at radius 2 is 1.17 bits per heavy atom. The number of rotatable bonds is 6. The van der Waals surface area contributed by atoms with Gasteiger partial charge in [-0.05, 0) is 20.8 Å². The second-order valence-corrected chi connectivity index (χ2v) is 3.37. The summed E-state index contributed by atoms with van der Waals surface area (Å²) in [5.41, 5.74) is 0. The van der Waals surface area contributed by atoms with Gasteiger partial charge >= 0.3 is 7.82 Å². The van der Waals surface area contributed by atoms with Crippen molar-refractivity contribution in [3.05, 3.63) is 0 Å². The Labute approximate surface area is 98.8 Å². The van der Waals surface area contributed by atoms with E-state index in [2.05, 4.69) is 0 Å². The summed E-state index contributed by atoms with van der Waals surface area (Å²) in [7, 11) is -3.22. The third-order valence-electron chi connectivity index (χ3n) is 0.862. The van der Waals surface area contributed by atoms with Gasteiger partial charge in [0.05, 0.1) is 19.8 Å². The summed E-state index contributed by atoms with van der Waals surface area (Å²) >= 11 is 0. The van der Waals surface area contributed by atoms with Crippen molar-refractivity contribution >= 4 is 7.82 Å². The minimum atomic E-state index is -3.22. The second-order valence-electron chi connectivity index (χ2n) is 1.70. The number of phosphoric ester groups is 1. The topological polar surface area (TPSA) is 44.8 Å². The molecule has 0 aliphatic rings. The summed E-state index contributed by atoms with van der Waals surface area (Å²) in [6.45, 7) is 6.21. The average molecular weight is 271 g/mol. The van der Waals surface area contributed by atoms with Crippen LogP contribution in [0.25, 0.3) is 0 Å². The molecule has 12 heavy (non-hydrogen) atoms. The van der Waals surface area contributed by atoms with E-state index in [0.717, 1.165) is 0 Å². The van der Waals surface area contributed by atoms with Crippen LogP contribution in [0.2, 0.25) is 0 Å². The first-order valence-electron chi connectivity index (χ1n) is 3.72. The molecule has 0 N–H and O–H groups in total. The van der Waals surface area contributed by atoms with Gasteiger partial charge in [-0.3, -0.25) is 13.6 Å². The van der Waals surface area contributed by atoms with Crippen molar-refractivity contribution in [2.75, 3.05) is 19.8 Å². The molecule has 0 aromatic heterocycles. The van der Waals surface area contributed by atoms with Crippen LogP contribution in [0.4, 0.5) is 0 Å². The SMILES string of the molecule is CCOP(=O)(OCC)OCC.[Y]. The maximum absolute atomic E-state index is 11.3. The van der Waals surface area contributed by atoms with Crippen molar-refractivity contribution in [3.63, 3.8) is 0 Å². The number of hydrogen-bond donors (Lipinski definition) is 0. The molecule has 0 rings (SSSR count). The van der Waals surface area contributed by atoms with Crippen LogP contribution in [0.15, 0.2) is 0 Å². The fourth-order valence-corrected chi connectivity index (χ4v) is 1.76. The molecule has 0 saturated carbocycles. The predicted octanol–water partition coefficient (Wildman–Crippen LogP) is 2.20. The summed E-state index contributed by atoms with van der Waals surface area (Å²) < 4.78 is 25.8. The van der Waals surface area contributed by atoms with E-state index in [4.69, 9.17) is 13.6 Å². The molecule has 0 atom stereocenters. The van der Waals surface area contributed by atoms with Crippen molar-refractivity contribution in [2.24, 2.45) is 0 Å². The van der Waals surface area contributed by atoms with Crippen LogP contribution >= 0.6 is 7.82 Å². The summed E-state index contributed by atoms with van der Waals surface area (Å²) in [5, 5.41) is 0. The third-order valence-corrected chi connectivity index (χ3v) is 2.58. The Kier molecular flexibility index (Phi) is 11.5. The van der Waals surface area contributed by atoms with Gasteiger partial charge in [-0.15, -0.1) is 0 Å². The zero-order valence-corrected chi connectivity index (χ0v) is 11.5. The molecule has 71 valence electrons. The first-order valence-corrected chi connectivity index (χ1v) is 5.18. The first kappa shape index (κ1) is 15.7. The number of hydrogen-bond acceptors (Lipinski definition) is 4. The van der Waals surface area contributed by atoms with Gasteiger partial charge in [0, 0.05) is 32.7 Å². The Bertz CT molecular complexity index is 118. The molecule has 0 heterocycles. The van der Waals surface area contributed by atoms with Gasteiger partial charge in [-0.2, -0.15) is 0 Å². The quantitative estimate of drug-likeness (QED) is 0.695. The zero-order valence-electron chi connectivity index (χ0n) is 7.78. The standard InChI is InChI=1S/C6H15O4P.Y/c1-4-8-11(7,9-5-2)10-6-3;/h4-6H2,1-3H3;. The fraction of sp³-hybridized carbons (Fsp3) is 1.00. The molecule has 0 spiro atoms. The van der Waals surface area contributed by atoms with Crippen LogP contribution < -0.4 is 0 Å². The van der Waals surface area contributed by atoms with Crippen molar-refractivity contribution in [1.29, 1.82) is 0 Å². The van der Waals surface area contributed by atoms with Crippen molar-refractivity contribution < 1.29 is 50.8 Å². The van der Waals surface area contributed by atoms with Gasteiger partial charge in [0.15, 0.2) is 0 Å².